The Morgan fingerprint density at radius 1 is 1.25 bits per heavy atom. The quantitative estimate of drug-likeness (QED) is 0.807. The van der Waals surface area contributed by atoms with Gasteiger partial charge in [-0.15, -0.1) is 0 Å². The largest absolute Gasteiger partial charge is 0.469 e. The minimum absolute atomic E-state index is 0.0564. The van der Waals surface area contributed by atoms with E-state index in [-0.39, 0.29) is 23.9 Å². The third-order valence-corrected chi connectivity index (χ3v) is 7.17. The third kappa shape index (κ3) is 2.62. The van der Waals surface area contributed by atoms with Gasteiger partial charge in [0.15, 0.2) is 6.29 Å². The molecule has 150 valence electrons. The van der Waals surface area contributed by atoms with Crippen LogP contribution in [0.2, 0.25) is 0 Å². The van der Waals surface area contributed by atoms with Crippen LogP contribution in [0.3, 0.4) is 0 Å². The fourth-order valence-corrected chi connectivity index (χ4v) is 5.83. The van der Waals surface area contributed by atoms with Crippen molar-refractivity contribution in [2.24, 2.45) is 17.8 Å². The molecule has 6 heteroatoms. The zero-order chi connectivity index (χ0) is 19.4. The van der Waals surface area contributed by atoms with Gasteiger partial charge in [0.1, 0.15) is 5.92 Å². The van der Waals surface area contributed by atoms with Gasteiger partial charge in [0.2, 0.25) is 0 Å². The third-order valence-electron chi connectivity index (χ3n) is 7.17. The predicted octanol–water partition coefficient (Wildman–Crippen LogP) is 2.88. The lowest BCUT2D eigenvalue weighted by Crippen LogP contribution is -2.58. The topological polar surface area (TPSA) is 63.8 Å². The zero-order valence-electron chi connectivity index (χ0n) is 16.7. The van der Waals surface area contributed by atoms with Gasteiger partial charge in [0.05, 0.1) is 19.3 Å². The average Bonchev–Trinajstić information content (AvgIpc) is 3.11. The monoisotopic (exact) mass is 384 g/mol. The van der Waals surface area contributed by atoms with Gasteiger partial charge in [0.25, 0.3) is 0 Å². The molecule has 1 N–H and O–H groups in total. The number of H-pyrrole nitrogens is 1. The van der Waals surface area contributed by atoms with Gasteiger partial charge in [-0.25, -0.2) is 0 Å². The number of piperidine rings is 1. The second-order valence-corrected chi connectivity index (χ2v) is 8.38. The molecule has 2 fully saturated rings. The number of aromatic nitrogens is 1. The molecule has 0 unspecified atom stereocenters. The molecule has 0 spiro atoms. The van der Waals surface area contributed by atoms with Crippen molar-refractivity contribution >= 4 is 16.9 Å². The molecule has 6 atom stereocenters. The normalized spacial score (nSPS) is 35.1. The van der Waals surface area contributed by atoms with E-state index in [1.807, 2.05) is 0 Å². The molecule has 1 aromatic carbocycles. The molecular formula is C22H28N2O4. The number of carbonyl (C=O) groups excluding carboxylic acids is 1. The van der Waals surface area contributed by atoms with Crippen molar-refractivity contribution in [3.8, 4) is 0 Å². The highest BCUT2D eigenvalue weighted by molar-refractivity contribution is 5.85. The summed E-state index contributed by atoms with van der Waals surface area (Å²) in [6.45, 7) is 4.09. The Kier molecular flexibility index (Phi) is 4.45. The number of carbonyl (C=O) groups is 1. The van der Waals surface area contributed by atoms with Crippen LogP contribution in [-0.2, 0) is 25.4 Å². The molecule has 0 aliphatic carbocycles. The molecule has 5 rings (SSSR count). The molecule has 0 radical (unpaired) electrons. The summed E-state index contributed by atoms with van der Waals surface area (Å²) in [4.78, 5) is 18.9. The second-order valence-electron chi connectivity index (χ2n) is 8.38. The maximum atomic E-state index is 12.6. The highest BCUT2D eigenvalue weighted by Crippen LogP contribution is 2.49. The standard InChI is InChI=1S/C22H28N2O4/c1-12-16-11-24-9-8-14-13-6-4-5-7-17(13)23-20(14)18(24)10-15(16)19(21(25)26-2)22(27-3)28-12/h4-7,12,15-16,18-19,22-23H,8-11H2,1-3H3/t12-,15+,16-,18+,19+,22+/m1/s1. The minimum atomic E-state index is -0.541. The van der Waals surface area contributed by atoms with Gasteiger partial charge >= 0.3 is 5.97 Å². The van der Waals surface area contributed by atoms with Crippen LogP contribution in [0.15, 0.2) is 24.3 Å². The smallest absolute Gasteiger partial charge is 0.314 e. The Bertz CT molecular complexity index is 894. The minimum Gasteiger partial charge on any atom is -0.469 e. The molecule has 4 heterocycles. The summed E-state index contributed by atoms with van der Waals surface area (Å²) in [7, 11) is 3.06. The molecule has 3 aliphatic heterocycles. The first kappa shape index (κ1) is 18.2. The number of fused-ring (bicyclic) bond motifs is 6. The van der Waals surface area contributed by atoms with Crippen LogP contribution in [0, 0.1) is 17.8 Å². The number of benzene rings is 1. The van der Waals surface area contributed by atoms with Crippen LogP contribution in [0.25, 0.3) is 10.9 Å². The lowest BCUT2D eigenvalue weighted by atomic mass is 9.68. The molecule has 6 nitrogen and oxygen atoms in total. The van der Waals surface area contributed by atoms with Crippen molar-refractivity contribution in [2.45, 2.75) is 38.2 Å². The maximum absolute atomic E-state index is 12.6. The molecule has 0 bridgehead atoms. The van der Waals surface area contributed by atoms with E-state index in [9.17, 15) is 4.79 Å². The molecular weight excluding hydrogens is 356 g/mol. The Hall–Kier alpha value is -1.89. The number of hydrogen-bond donors (Lipinski definition) is 1. The van der Waals surface area contributed by atoms with Crippen molar-refractivity contribution in [3.63, 3.8) is 0 Å². The summed E-state index contributed by atoms with van der Waals surface area (Å²) < 4.78 is 16.8. The van der Waals surface area contributed by atoms with Crippen LogP contribution < -0.4 is 0 Å². The van der Waals surface area contributed by atoms with E-state index in [4.69, 9.17) is 14.2 Å². The van der Waals surface area contributed by atoms with Crippen molar-refractivity contribution in [1.29, 1.82) is 0 Å². The van der Waals surface area contributed by atoms with Gasteiger partial charge in [-0.2, -0.15) is 0 Å². The van der Waals surface area contributed by atoms with Crippen molar-refractivity contribution in [2.75, 3.05) is 27.3 Å². The number of nitrogens with one attached hydrogen (secondary N) is 1. The Labute approximate surface area is 165 Å². The Morgan fingerprint density at radius 3 is 2.86 bits per heavy atom. The number of rotatable bonds is 2. The SMILES string of the molecule is COC(=O)[C@H]1[C@@H](OC)O[C@H](C)[C@H]2CN3CCc4c([nH]c5ccccc45)[C@@H]3C[C@@H]21. The van der Waals surface area contributed by atoms with E-state index in [0.29, 0.717) is 12.0 Å². The fourth-order valence-electron chi connectivity index (χ4n) is 5.83. The van der Waals surface area contributed by atoms with E-state index in [0.717, 1.165) is 25.9 Å². The molecule has 0 amide bonds. The molecule has 3 aliphatic rings. The van der Waals surface area contributed by atoms with Crippen LogP contribution in [0.5, 0.6) is 0 Å². The molecule has 2 aromatic rings. The molecule has 2 saturated heterocycles. The zero-order valence-corrected chi connectivity index (χ0v) is 16.7. The summed E-state index contributed by atoms with van der Waals surface area (Å²) in [6, 6.07) is 8.85. The number of nitrogens with zero attached hydrogens (tertiary/aromatic N) is 1. The second kappa shape index (κ2) is 6.87. The van der Waals surface area contributed by atoms with Gasteiger partial charge in [-0.3, -0.25) is 9.69 Å². The number of hydrogen-bond acceptors (Lipinski definition) is 5. The van der Waals surface area contributed by atoms with E-state index in [1.54, 1.807) is 7.11 Å². The number of methoxy groups -OCH3 is 2. The summed E-state index contributed by atoms with van der Waals surface area (Å²) in [6.07, 6.45) is 1.49. The highest BCUT2D eigenvalue weighted by atomic mass is 16.7. The first-order valence-corrected chi connectivity index (χ1v) is 10.2. The van der Waals surface area contributed by atoms with Gasteiger partial charge in [-0.05, 0) is 37.3 Å². The molecule has 28 heavy (non-hydrogen) atoms. The first-order chi connectivity index (χ1) is 13.6. The van der Waals surface area contributed by atoms with Crippen LogP contribution in [0.4, 0.5) is 0 Å². The van der Waals surface area contributed by atoms with Gasteiger partial charge in [-0.1, -0.05) is 18.2 Å². The molecule has 0 saturated carbocycles. The van der Waals surface area contributed by atoms with E-state index < -0.39 is 6.29 Å². The van der Waals surface area contributed by atoms with Gasteiger partial charge in [0, 0.05) is 42.7 Å². The number of esters is 1. The van der Waals surface area contributed by atoms with Crippen molar-refractivity contribution in [3.05, 3.63) is 35.5 Å². The summed E-state index contributed by atoms with van der Waals surface area (Å²) in [5.74, 6) is -0.125. The summed E-state index contributed by atoms with van der Waals surface area (Å²) in [5, 5.41) is 1.33. The van der Waals surface area contributed by atoms with Crippen LogP contribution >= 0.6 is 0 Å². The lowest BCUT2D eigenvalue weighted by Gasteiger charge is -2.53. The van der Waals surface area contributed by atoms with Crippen LogP contribution in [-0.4, -0.2) is 55.6 Å². The number of ether oxygens (including phenoxy) is 3. The van der Waals surface area contributed by atoms with Crippen molar-refractivity contribution < 1.29 is 19.0 Å². The lowest BCUT2D eigenvalue weighted by molar-refractivity contribution is -0.255. The van der Waals surface area contributed by atoms with E-state index in [2.05, 4.69) is 41.1 Å². The maximum Gasteiger partial charge on any atom is 0.314 e. The van der Waals surface area contributed by atoms with Crippen LogP contribution in [0.1, 0.15) is 30.6 Å². The summed E-state index contributed by atoms with van der Waals surface area (Å²) in [5.41, 5.74) is 3.96. The Morgan fingerprint density at radius 2 is 2.07 bits per heavy atom. The predicted molar refractivity (Wildman–Crippen MR) is 105 cm³/mol. The number of aromatic amines is 1. The van der Waals surface area contributed by atoms with E-state index in [1.165, 1.54) is 29.3 Å². The van der Waals surface area contributed by atoms with Gasteiger partial charge < -0.3 is 19.2 Å². The highest BCUT2D eigenvalue weighted by Gasteiger charge is 2.53. The first-order valence-electron chi connectivity index (χ1n) is 10.2. The average molecular weight is 384 g/mol. The fraction of sp³-hybridized carbons (Fsp3) is 0.591. The van der Waals surface area contributed by atoms with E-state index >= 15 is 0 Å². The Balaban J connectivity index is 1.53. The molecule has 1 aromatic heterocycles. The summed E-state index contributed by atoms with van der Waals surface area (Å²) >= 11 is 0. The van der Waals surface area contributed by atoms with Crippen molar-refractivity contribution in [1.82, 2.24) is 9.88 Å². The number of para-hydroxylation sites is 1.